The van der Waals surface area contributed by atoms with Crippen molar-refractivity contribution in [1.29, 1.82) is 0 Å². The highest BCUT2D eigenvalue weighted by molar-refractivity contribution is 7.89. The van der Waals surface area contributed by atoms with Crippen LogP contribution in [0.4, 0.5) is 0 Å². The number of nitrogens with zero attached hydrogens (tertiary/aromatic N) is 1. The molecule has 2 aromatic carbocycles. The number of sulfonamides is 1. The Morgan fingerprint density at radius 1 is 1.16 bits per heavy atom. The molecule has 0 aliphatic heterocycles. The van der Waals surface area contributed by atoms with Gasteiger partial charge in [0.2, 0.25) is 10.0 Å². The van der Waals surface area contributed by atoms with Crippen LogP contribution in [-0.2, 0) is 10.0 Å². The van der Waals surface area contributed by atoms with Crippen LogP contribution in [0.5, 0.6) is 5.75 Å². The Balaban J connectivity index is 2.23. The first kappa shape index (κ1) is 18.9. The summed E-state index contributed by atoms with van der Waals surface area (Å²) in [7, 11) is -0.236. The zero-order valence-electron chi connectivity index (χ0n) is 13.9. The molecule has 25 heavy (non-hydrogen) atoms. The molecule has 0 radical (unpaired) electrons. The number of hydrogen-bond donors (Lipinski definition) is 3. The Kier molecular flexibility index (Phi) is 5.78. The van der Waals surface area contributed by atoms with E-state index in [1.807, 2.05) is 49.3 Å². The van der Waals surface area contributed by atoms with Crippen LogP contribution in [-0.4, -0.2) is 50.1 Å². The lowest BCUT2D eigenvalue weighted by molar-refractivity contribution is 0.0693. The molecule has 0 unspecified atom stereocenters. The van der Waals surface area contributed by atoms with Crippen LogP contribution in [0.3, 0.4) is 0 Å². The van der Waals surface area contributed by atoms with Crippen molar-refractivity contribution in [3.05, 3.63) is 59.7 Å². The van der Waals surface area contributed by atoms with Crippen molar-refractivity contribution >= 4 is 16.0 Å². The van der Waals surface area contributed by atoms with E-state index in [0.717, 1.165) is 23.8 Å². The third-order valence-corrected chi connectivity index (χ3v) is 5.20. The van der Waals surface area contributed by atoms with Gasteiger partial charge < -0.3 is 15.1 Å². The SMILES string of the molecule is CN(C)[C@@H](CNS(=O)(=O)c1ccc(O)c(C(=O)O)c1)c1ccccc1. The van der Waals surface area contributed by atoms with Crippen molar-refractivity contribution < 1.29 is 23.4 Å². The lowest BCUT2D eigenvalue weighted by Crippen LogP contribution is -2.34. The van der Waals surface area contributed by atoms with Gasteiger partial charge in [-0.25, -0.2) is 17.9 Å². The number of rotatable bonds is 7. The highest BCUT2D eigenvalue weighted by Crippen LogP contribution is 2.22. The van der Waals surface area contributed by atoms with Crippen molar-refractivity contribution in [1.82, 2.24) is 9.62 Å². The van der Waals surface area contributed by atoms with Crippen molar-refractivity contribution in [2.45, 2.75) is 10.9 Å². The van der Waals surface area contributed by atoms with E-state index < -0.39 is 27.3 Å². The number of carboxylic acid groups (broad SMARTS) is 1. The van der Waals surface area contributed by atoms with Gasteiger partial charge in [-0.2, -0.15) is 0 Å². The maximum atomic E-state index is 12.5. The summed E-state index contributed by atoms with van der Waals surface area (Å²) in [5.41, 5.74) is 0.488. The van der Waals surface area contributed by atoms with E-state index in [2.05, 4.69) is 4.72 Å². The molecule has 0 bridgehead atoms. The summed E-state index contributed by atoms with van der Waals surface area (Å²) < 4.78 is 27.4. The van der Waals surface area contributed by atoms with Gasteiger partial charge >= 0.3 is 5.97 Å². The average molecular weight is 364 g/mol. The average Bonchev–Trinajstić information content (AvgIpc) is 2.55. The number of carboxylic acids is 1. The molecule has 2 rings (SSSR count). The van der Waals surface area contributed by atoms with Gasteiger partial charge in [-0.3, -0.25) is 0 Å². The molecule has 0 aliphatic rings. The molecule has 0 aromatic heterocycles. The Bertz CT molecular complexity index is 851. The van der Waals surface area contributed by atoms with Crippen molar-refractivity contribution in [3.8, 4) is 5.75 Å². The number of carbonyl (C=O) groups is 1. The maximum Gasteiger partial charge on any atom is 0.339 e. The molecule has 0 aliphatic carbocycles. The van der Waals surface area contributed by atoms with Crippen molar-refractivity contribution in [2.24, 2.45) is 0 Å². The smallest absolute Gasteiger partial charge is 0.339 e. The number of likely N-dealkylation sites (N-methyl/N-ethyl adjacent to an activating group) is 1. The zero-order valence-corrected chi connectivity index (χ0v) is 14.7. The van der Waals surface area contributed by atoms with Gasteiger partial charge in [0, 0.05) is 12.6 Å². The fourth-order valence-corrected chi connectivity index (χ4v) is 3.46. The first-order valence-electron chi connectivity index (χ1n) is 7.49. The molecular weight excluding hydrogens is 344 g/mol. The fraction of sp³-hybridized carbons (Fsp3) is 0.235. The van der Waals surface area contributed by atoms with Crippen LogP contribution in [0.15, 0.2) is 53.4 Å². The summed E-state index contributed by atoms with van der Waals surface area (Å²) in [5.74, 6) is -1.88. The van der Waals surface area contributed by atoms with Gasteiger partial charge in [0.05, 0.1) is 4.90 Å². The molecule has 0 saturated carbocycles. The predicted molar refractivity (Wildman–Crippen MR) is 93.1 cm³/mol. The molecule has 0 heterocycles. The third kappa shape index (κ3) is 4.56. The quantitative estimate of drug-likeness (QED) is 0.690. The fourth-order valence-electron chi connectivity index (χ4n) is 2.40. The summed E-state index contributed by atoms with van der Waals surface area (Å²) in [6.07, 6.45) is 0. The minimum atomic E-state index is -3.92. The summed E-state index contributed by atoms with van der Waals surface area (Å²) in [6.45, 7) is 0.114. The number of phenols is 1. The normalized spacial score (nSPS) is 12.9. The van der Waals surface area contributed by atoms with Crippen molar-refractivity contribution in [2.75, 3.05) is 20.6 Å². The minimum absolute atomic E-state index is 0.114. The van der Waals surface area contributed by atoms with E-state index in [1.54, 1.807) is 0 Å². The summed E-state index contributed by atoms with van der Waals surface area (Å²) in [4.78, 5) is 12.7. The summed E-state index contributed by atoms with van der Waals surface area (Å²) in [6, 6.07) is 12.4. The number of hydrogen-bond acceptors (Lipinski definition) is 5. The number of aromatic hydroxyl groups is 1. The topological polar surface area (TPSA) is 107 Å². The van der Waals surface area contributed by atoms with Crippen molar-refractivity contribution in [3.63, 3.8) is 0 Å². The summed E-state index contributed by atoms with van der Waals surface area (Å²) >= 11 is 0. The number of benzene rings is 2. The highest BCUT2D eigenvalue weighted by Gasteiger charge is 2.21. The molecule has 8 heteroatoms. The largest absolute Gasteiger partial charge is 0.507 e. The molecule has 0 spiro atoms. The minimum Gasteiger partial charge on any atom is -0.507 e. The van der Waals surface area contributed by atoms with E-state index in [4.69, 9.17) is 5.11 Å². The second kappa shape index (κ2) is 7.64. The highest BCUT2D eigenvalue weighted by atomic mass is 32.2. The second-order valence-corrected chi connectivity index (χ2v) is 7.49. The molecule has 134 valence electrons. The summed E-state index contributed by atoms with van der Waals surface area (Å²) in [5, 5.41) is 18.5. The van der Waals surface area contributed by atoms with Gasteiger partial charge in [-0.05, 0) is 37.9 Å². The van der Waals surface area contributed by atoms with Crippen LogP contribution in [0.1, 0.15) is 22.0 Å². The van der Waals surface area contributed by atoms with E-state index in [0.29, 0.717) is 0 Å². The van der Waals surface area contributed by atoms with Gasteiger partial charge in [0.1, 0.15) is 11.3 Å². The van der Waals surface area contributed by atoms with Crippen LogP contribution in [0, 0.1) is 0 Å². The molecular formula is C17H20N2O5S. The second-order valence-electron chi connectivity index (χ2n) is 5.73. The Labute approximate surface area is 146 Å². The van der Waals surface area contributed by atoms with E-state index in [-0.39, 0.29) is 17.5 Å². The number of aromatic carboxylic acids is 1. The van der Waals surface area contributed by atoms with Gasteiger partial charge in [-0.15, -0.1) is 0 Å². The first-order valence-corrected chi connectivity index (χ1v) is 8.98. The molecule has 3 N–H and O–H groups in total. The van der Waals surface area contributed by atoms with Gasteiger partial charge in [0.25, 0.3) is 0 Å². The molecule has 0 saturated heterocycles. The lowest BCUT2D eigenvalue weighted by atomic mass is 10.1. The molecule has 7 nitrogen and oxygen atoms in total. The lowest BCUT2D eigenvalue weighted by Gasteiger charge is -2.25. The molecule has 0 fully saturated rings. The first-order chi connectivity index (χ1) is 11.7. The van der Waals surface area contributed by atoms with Crippen LogP contribution >= 0.6 is 0 Å². The van der Waals surface area contributed by atoms with E-state index in [1.165, 1.54) is 0 Å². The van der Waals surface area contributed by atoms with E-state index >= 15 is 0 Å². The Hall–Kier alpha value is -2.42. The Morgan fingerprint density at radius 2 is 1.80 bits per heavy atom. The monoisotopic (exact) mass is 364 g/mol. The standard InChI is InChI=1S/C17H20N2O5S/c1-19(2)15(12-6-4-3-5-7-12)11-18-25(23,24)13-8-9-16(20)14(10-13)17(21)22/h3-10,15,18,20H,11H2,1-2H3,(H,21,22)/t15-/m0/s1. The molecule has 0 amide bonds. The predicted octanol–water partition coefficient (Wildman–Crippen LogP) is 1.67. The molecule has 1 atom stereocenters. The maximum absolute atomic E-state index is 12.5. The van der Waals surface area contributed by atoms with Crippen LogP contribution < -0.4 is 4.72 Å². The zero-order chi connectivity index (χ0) is 18.6. The van der Waals surface area contributed by atoms with Gasteiger partial charge in [0.15, 0.2) is 0 Å². The van der Waals surface area contributed by atoms with Gasteiger partial charge in [-0.1, -0.05) is 30.3 Å². The van der Waals surface area contributed by atoms with Crippen LogP contribution in [0.2, 0.25) is 0 Å². The van der Waals surface area contributed by atoms with E-state index in [9.17, 15) is 18.3 Å². The Morgan fingerprint density at radius 3 is 2.36 bits per heavy atom. The van der Waals surface area contributed by atoms with Crippen LogP contribution in [0.25, 0.3) is 0 Å². The number of nitrogens with one attached hydrogen (secondary N) is 1. The third-order valence-electron chi connectivity index (χ3n) is 3.78. The molecule has 2 aromatic rings.